The molecule has 1 heterocycles. The average molecular weight is 487 g/mol. The Hall–Kier alpha value is -3.35. The van der Waals surface area contributed by atoms with Crippen molar-refractivity contribution in [2.45, 2.75) is 12.8 Å². The molecule has 0 saturated carbocycles. The molecule has 0 spiro atoms. The molecule has 0 aromatic heterocycles. The molecular formula is C22H34N2O10. The van der Waals surface area contributed by atoms with Gasteiger partial charge in [-0.3, -0.25) is 0 Å². The summed E-state index contributed by atoms with van der Waals surface area (Å²) in [5.74, 6) is -3.28. The fourth-order valence-electron chi connectivity index (χ4n) is 2.84. The highest BCUT2D eigenvalue weighted by Gasteiger charge is 2.14. The predicted octanol–water partition coefficient (Wildman–Crippen LogP) is 0.630. The van der Waals surface area contributed by atoms with Gasteiger partial charge < -0.3 is 44.9 Å². The summed E-state index contributed by atoms with van der Waals surface area (Å²) >= 11 is 0. The lowest BCUT2D eigenvalue weighted by Crippen LogP contribution is -2.29. The van der Waals surface area contributed by atoms with E-state index in [1.165, 1.54) is 40.4 Å². The van der Waals surface area contributed by atoms with E-state index in [4.69, 9.17) is 44.2 Å². The first-order valence-corrected chi connectivity index (χ1v) is 10.4. The number of aliphatic carboxylic acids is 3. The Morgan fingerprint density at radius 3 is 2.12 bits per heavy atom. The number of carbonyl (C=O) groups is 3. The lowest BCUT2D eigenvalue weighted by atomic mass is 10.1. The lowest BCUT2D eigenvalue weighted by molar-refractivity contribution is -0.159. The molecule has 0 unspecified atom stereocenters. The van der Waals surface area contributed by atoms with E-state index >= 15 is 0 Å². The normalized spacial score (nSPS) is 13.4. The quantitative estimate of drug-likeness (QED) is 0.256. The van der Waals surface area contributed by atoms with Gasteiger partial charge in [0.1, 0.15) is 0 Å². The SMILES string of the molecule is COc1ccc(C=CC(=O)O)c(OC)c1OC.O=C(O)C(=O)O.OCCCN1CCCNCC1. The van der Waals surface area contributed by atoms with Crippen LogP contribution in [0.1, 0.15) is 18.4 Å². The molecule has 2 rings (SSSR count). The van der Waals surface area contributed by atoms with Crippen LogP contribution in [0.15, 0.2) is 18.2 Å². The van der Waals surface area contributed by atoms with Gasteiger partial charge in [0.15, 0.2) is 11.5 Å². The smallest absolute Gasteiger partial charge is 0.414 e. The van der Waals surface area contributed by atoms with Gasteiger partial charge in [-0.1, -0.05) is 0 Å². The van der Waals surface area contributed by atoms with Crippen LogP contribution >= 0.6 is 0 Å². The summed E-state index contributed by atoms with van der Waals surface area (Å²) in [6.45, 7) is 5.95. The molecule has 192 valence electrons. The first-order valence-electron chi connectivity index (χ1n) is 10.4. The van der Waals surface area contributed by atoms with Crippen LogP contribution in [-0.2, 0) is 14.4 Å². The minimum absolute atomic E-state index is 0.323. The molecule has 5 N–H and O–H groups in total. The second-order valence-electron chi connectivity index (χ2n) is 6.73. The van der Waals surface area contributed by atoms with Gasteiger partial charge in [-0.2, -0.15) is 0 Å². The Morgan fingerprint density at radius 1 is 0.971 bits per heavy atom. The average Bonchev–Trinajstić information content (AvgIpc) is 3.10. The number of nitrogens with one attached hydrogen (secondary N) is 1. The molecule has 0 bridgehead atoms. The van der Waals surface area contributed by atoms with Gasteiger partial charge in [0, 0.05) is 37.9 Å². The summed E-state index contributed by atoms with van der Waals surface area (Å²) in [7, 11) is 4.49. The summed E-state index contributed by atoms with van der Waals surface area (Å²) in [5.41, 5.74) is 0.604. The van der Waals surface area contributed by atoms with Gasteiger partial charge in [0.25, 0.3) is 0 Å². The predicted molar refractivity (Wildman–Crippen MR) is 124 cm³/mol. The van der Waals surface area contributed by atoms with E-state index in [0.29, 0.717) is 29.4 Å². The molecule has 1 aromatic rings. The van der Waals surface area contributed by atoms with Crippen LogP contribution in [-0.4, -0.2) is 104 Å². The molecule has 0 atom stereocenters. The third-order valence-corrected chi connectivity index (χ3v) is 4.39. The Balaban J connectivity index is 0.000000547. The molecule has 1 aromatic carbocycles. The van der Waals surface area contributed by atoms with Crippen molar-refractivity contribution in [3.8, 4) is 17.2 Å². The number of hydrogen-bond donors (Lipinski definition) is 5. The Morgan fingerprint density at radius 2 is 1.62 bits per heavy atom. The number of hydrogen-bond acceptors (Lipinski definition) is 9. The zero-order valence-corrected chi connectivity index (χ0v) is 19.7. The van der Waals surface area contributed by atoms with Crippen LogP contribution in [0, 0.1) is 0 Å². The molecule has 1 aliphatic rings. The van der Waals surface area contributed by atoms with Crippen molar-refractivity contribution in [1.82, 2.24) is 10.2 Å². The molecule has 0 aliphatic carbocycles. The van der Waals surface area contributed by atoms with Crippen LogP contribution in [0.25, 0.3) is 6.08 Å². The molecule has 34 heavy (non-hydrogen) atoms. The maximum Gasteiger partial charge on any atom is 0.414 e. The number of aliphatic hydroxyl groups excluding tert-OH is 1. The monoisotopic (exact) mass is 486 g/mol. The highest BCUT2D eigenvalue weighted by molar-refractivity contribution is 6.27. The van der Waals surface area contributed by atoms with Crippen molar-refractivity contribution in [3.63, 3.8) is 0 Å². The highest BCUT2D eigenvalue weighted by Crippen LogP contribution is 2.40. The van der Waals surface area contributed by atoms with E-state index in [9.17, 15) is 4.79 Å². The summed E-state index contributed by atoms with van der Waals surface area (Å²) in [6.07, 6.45) is 4.62. The van der Waals surface area contributed by atoms with Crippen LogP contribution < -0.4 is 19.5 Å². The van der Waals surface area contributed by atoms with E-state index in [-0.39, 0.29) is 0 Å². The lowest BCUT2D eigenvalue weighted by Gasteiger charge is -2.18. The largest absolute Gasteiger partial charge is 0.493 e. The number of carboxylic acid groups (broad SMARTS) is 3. The van der Waals surface area contributed by atoms with Gasteiger partial charge in [-0.15, -0.1) is 0 Å². The van der Waals surface area contributed by atoms with Crippen LogP contribution in [0.4, 0.5) is 0 Å². The zero-order valence-electron chi connectivity index (χ0n) is 19.7. The molecule has 1 saturated heterocycles. The summed E-state index contributed by atoms with van der Waals surface area (Å²) in [5, 5.41) is 35.3. The number of aliphatic hydroxyl groups is 1. The number of ether oxygens (including phenoxy) is 3. The van der Waals surface area contributed by atoms with Crippen molar-refractivity contribution in [3.05, 3.63) is 23.8 Å². The summed E-state index contributed by atoms with van der Waals surface area (Å²) in [4.78, 5) is 31.1. The second kappa shape index (κ2) is 18.1. The van der Waals surface area contributed by atoms with Crippen molar-refractivity contribution < 1.29 is 49.0 Å². The molecule has 12 nitrogen and oxygen atoms in total. The third kappa shape index (κ3) is 12.6. The number of carboxylic acids is 3. The number of nitrogens with zero attached hydrogens (tertiary/aromatic N) is 1. The van der Waals surface area contributed by atoms with E-state index in [2.05, 4.69) is 10.2 Å². The molecule has 0 radical (unpaired) electrons. The zero-order chi connectivity index (χ0) is 25.9. The summed E-state index contributed by atoms with van der Waals surface area (Å²) in [6, 6.07) is 3.38. The van der Waals surface area contributed by atoms with Gasteiger partial charge in [0.2, 0.25) is 5.75 Å². The van der Waals surface area contributed by atoms with Gasteiger partial charge in [-0.05, 0) is 44.1 Å². The van der Waals surface area contributed by atoms with Crippen molar-refractivity contribution in [2.75, 3.05) is 60.7 Å². The highest BCUT2D eigenvalue weighted by atomic mass is 16.5. The maximum atomic E-state index is 10.5. The van der Waals surface area contributed by atoms with E-state index in [0.717, 1.165) is 38.7 Å². The molecule has 0 amide bonds. The maximum absolute atomic E-state index is 10.5. The minimum Gasteiger partial charge on any atom is -0.493 e. The first kappa shape index (κ1) is 30.6. The Labute approximate surface area is 198 Å². The topological polar surface area (TPSA) is 175 Å². The fourth-order valence-corrected chi connectivity index (χ4v) is 2.84. The van der Waals surface area contributed by atoms with Crippen LogP contribution in [0.2, 0.25) is 0 Å². The molecule has 1 fully saturated rings. The third-order valence-electron chi connectivity index (χ3n) is 4.39. The van der Waals surface area contributed by atoms with Gasteiger partial charge >= 0.3 is 17.9 Å². The minimum atomic E-state index is -1.82. The van der Waals surface area contributed by atoms with Crippen molar-refractivity contribution in [1.29, 1.82) is 0 Å². The molecule has 12 heteroatoms. The van der Waals surface area contributed by atoms with E-state index in [1.54, 1.807) is 12.1 Å². The molecule has 1 aliphatic heterocycles. The molecular weight excluding hydrogens is 452 g/mol. The first-order chi connectivity index (χ1) is 16.2. The Bertz CT molecular complexity index is 778. The number of benzene rings is 1. The number of methoxy groups -OCH3 is 3. The summed E-state index contributed by atoms with van der Waals surface area (Å²) < 4.78 is 15.5. The van der Waals surface area contributed by atoms with Gasteiger partial charge in [-0.25, -0.2) is 14.4 Å². The van der Waals surface area contributed by atoms with E-state index < -0.39 is 17.9 Å². The number of rotatable bonds is 8. The second-order valence-corrected chi connectivity index (χ2v) is 6.73. The Kier molecular flexibility index (Phi) is 16.3. The van der Waals surface area contributed by atoms with Crippen LogP contribution in [0.5, 0.6) is 17.2 Å². The van der Waals surface area contributed by atoms with Crippen molar-refractivity contribution >= 4 is 24.0 Å². The standard InChI is InChI=1S/C12H14O5.C8H18N2O.C2H2O4/c1-15-9-6-4-8(5-7-10(13)14)11(16-2)12(9)17-3;11-8-2-6-10-5-1-3-9-4-7-10;3-1(4)2(5)6/h4-7H,1-3H3,(H,13,14);9,11H,1-8H2;(H,3,4)(H,5,6). The fraction of sp³-hybridized carbons (Fsp3) is 0.500. The van der Waals surface area contributed by atoms with Crippen LogP contribution in [0.3, 0.4) is 0 Å². The van der Waals surface area contributed by atoms with Gasteiger partial charge in [0.05, 0.1) is 21.3 Å². The van der Waals surface area contributed by atoms with Crippen molar-refractivity contribution in [2.24, 2.45) is 0 Å². The van der Waals surface area contributed by atoms with E-state index in [1.807, 2.05) is 0 Å².